The number of carbonyl (C=O) groups excluding carboxylic acids is 2. The average molecular weight is 399 g/mol. The third kappa shape index (κ3) is 3.96. The molecule has 2 aromatic heterocycles. The van der Waals surface area contributed by atoms with Crippen LogP contribution in [0.15, 0.2) is 35.1 Å². The van der Waals surface area contributed by atoms with E-state index in [0.29, 0.717) is 33.0 Å². The topological polar surface area (TPSA) is 90.3 Å². The third-order valence-corrected chi connectivity index (χ3v) is 5.50. The predicted molar refractivity (Wildman–Crippen MR) is 108 cm³/mol. The first kappa shape index (κ1) is 19.8. The van der Waals surface area contributed by atoms with Crippen molar-refractivity contribution in [3.8, 4) is 0 Å². The molecule has 0 aliphatic rings. The van der Waals surface area contributed by atoms with E-state index in [0.717, 1.165) is 16.9 Å². The van der Waals surface area contributed by atoms with Gasteiger partial charge in [0.05, 0.1) is 12.0 Å². The first-order chi connectivity index (χ1) is 13.4. The van der Waals surface area contributed by atoms with Gasteiger partial charge in [0.15, 0.2) is 0 Å². The summed E-state index contributed by atoms with van der Waals surface area (Å²) in [6.45, 7) is 5.60. The molecule has 0 spiro atoms. The van der Waals surface area contributed by atoms with Gasteiger partial charge in [0.25, 0.3) is 5.56 Å². The average Bonchev–Trinajstić information content (AvgIpc) is 3.01. The zero-order valence-corrected chi connectivity index (χ0v) is 16.8. The highest BCUT2D eigenvalue weighted by molar-refractivity contribution is 7.20. The van der Waals surface area contributed by atoms with Gasteiger partial charge >= 0.3 is 5.97 Å². The Balaban J connectivity index is 1.87. The molecule has 0 fully saturated rings. The Labute approximate surface area is 166 Å². The van der Waals surface area contributed by atoms with Crippen molar-refractivity contribution in [1.82, 2.24) is 14.9 Å². The second-order valence-electron chi connectivity index (χ2n) is 6.27. The maximum atomic E-state index is 13.0. The first-order valence-electron chi connectivity index (χ1n) is 8.90. The number of aryl methyl sites for hydroxylation is 2. The van der Waals surface area contributed by atoms with Gasteiger partial charge in [0.1, 0.15) is 22.1 Å². The monoisotopic (exact) mass is 399 g/mol. The molecule has 0 bridgehead atoms. The number of benzene rings is 1. The van der Waals surface area contributed by atoms with Gasteiger partial charge in [-0.3, -0.25) is 14.2 Å². The van der Waals surface area contributed by atoms with Crippen molar-refractivity contribution >= 4 is 33.4 Å². The summed E-state index contributed by atoms with van der Waals surface area (Å²) < 4.78 is 6.38. The number of esters is 1. The number of thiophene rings is 1. The van der Waals surface area contributed by atoms with E-state index in [2.05, 4.69) is 10.3 Å². The number of ether oxygens (including phenoxy) is 1. The summed E-state index contributed by atoms with van der Waals surface area (Å²) >= 11 is 1.14. The minimum atomic E-state index is -0.466. The Morgan fingerprint density at radius 2 is 1.93 bits per heavy atom. The van der Waals surface area contributed by atoms with Crippen LogP contribution in [-0.4, -0.2) is 28.0 Å². The maximum Gasteiger partial charge on any atom is 0.348 e. The quantitative estimate of drug-likeness (QED) is 0.644. The lowest BCUT2D eigenvalue weighted by atomic mass is 10.2. The van der Waals surface area contributed by atoms with E-state index in [1.54, 1.807) is 20.8 Å². The highest BCUT2D eigenvalue weighted by Gasteiger charge is 2.22. The number of hydrogen-bond acceptors (Lipinski definition) is 6. The number of amides is 1. The number of rotatable bonds is 6. The van der Waals surface area contributed by atoms with Crippen LogP contribution in [0, 0.1) is 13.8 Å². The van der Waals surface area contributed by atoms with Gasteiger partial charge in [0, 0.05) is 6.54 Å². The van der Waals surface area contributed by atoms with Crippen LogP contribution in [0.3, 0.4) is 0 Å². The number of nitrogens with one attached hydrogen (secondary N) is 1. The highest BCUT2D eigenvalue weighted by Crippen LogP contribution is 2.28. The van der Waals surface area contributed by atoms with E-state index in [4.69, 9.17) is 4.74 Å². The molecule has 2 heterocycles. The van der Waals surface area contributed by atoms with Crippen LogP contribution in [0.4, 0.5) is 0 Å². The summed E-state index contributed by atoms with van der Waals surface area (Å²) in [7, 11) is 0. The molecule has 0 saturated carbocycles. The van der Waals surface area contributed by atoms with Gasteiger partial charge in [-0.25, -0.2) is 9.78 Å². The molecule has 0 aliphatic heterocycles. The molecule has 0 aliphatic carbocycles. The van der Waals surface area contributed by atoms with E-state index in [1.807, 2.05) is 30.3 Å². The largest absolute Gasteiger partial charge is 0.462 e. The SMILES string of the molecule is CCOC(=O)c1sc2nc(C)n(CC(=O)NCc3ccccc3)c(=O)c2c1C. The van der Waals surface area contributed by atoms with Crippen molar-refractivity contribution in [3.05, 3.63) is 62.5 Å². The number of hydrogen-bond donors (Lipinski definition) is 1. The Kier molecular flexibility index (Phi) is 5.89. The Morgan fingerprint density at radius 3 is 2.61 bits per heavy atom. The molecule has 3 aromatic rings. The third-order valence-electron chi connectivity index (χ3n) is 4.34. The van der Waals surface area contributed by atoms with Gasteiger partial charge in [-0.15, -0.1) is 11.3 Å². The number of aromatic nitrogens is 2. The van der Waals surface area contributed by atoms with Gasteiger partial charge in [-0.1, -0.05) is 30.3 Å². The summed E-state index contributed by atoms with van der Waals surface area (Å²) in [4.78, 5) is 42.7. The standard InChI is InChI=1S/C20H21N3O4S/c1-4-27-20(26)17-12(2)16-18(28-17)22-13(3)23(19(16)25)11-15(24)21-10-14-8-6-5-7-9-14/h5-9H,4,10-11H2,1-3H3,(H,21,24). The summed E-state index contributed by atoms with van der Waals surface area (Å²) in [5.74, 6) is -0.329. The zero-order valence-electron chi connectivity index (χ0n) is 15.9. The van der Waals surface area contributed by atoms with E-state index < -0.39 is 5.97 Å². The highest BCUT2D eigenvalue weighted by atomic mass is 32.1. The Morgan fingerprint density at radius 1 is 1.21 bits per heavy atom. The summed E-state index contributed by atoms with van der Waals surface area (Å²) in [5.41, 5.74) is 1.18. The second kappa shape index (κ2) is 8.35. The van der Waals surface area contributed by atoms with Gasteiger partial charge < -0.3 is 10.1 Å². The van der Waals surface area contributed by atoms with Crippen LogP contribution in [0.2, 0.25) is 0 Å². The number of carbonyl (C=O) groups is 2. The fraction of sp³-hybridized carbons (Fsp3) is 0.300. The van der Waals surface area contributed by atoms with Gasteiger partial charge in [0.2, 0.25) is 5.91 Å². The number of fused-ring (bicyclic) bond motifs is 1. The normalized spacial score (nSPS) is 10.8. The molecule has 1 aromatic carbocycles. The molecule has 1 N–H and O–H groups in total. The molecular formula is C20H21N3O4S. The van der Waals surface area contributed by atoms with E-state index in [-0.39, 0.29) is 24.6 Å². The van der Waals surface area contributed by atoms with Crippen LogP contribution in [-0.2, 0) is 22.6 Å². The fourth-order valence-electron chi connectivity index (χ4n) is 2.89. The van der Waals surface area contributed by atoms with Crippen LogP contribution >= 0.6 is 11.3 Å². The molecule has 7 nitrogen and oxygen atoms in total. The van der Waals surface area contributed by atoms with Crippen molar-refractivity contribution in [2.75, 3.05) is 6.61 Å². The van der Waals surface area contributed by atoms with Crippen molar-refractivity contribution in [1.29, 1.82) is 0 Å². The molecular weight excluding hydrogens is 378 g/mol. The Bertz CT molecular complexity index is 1090. The minimum Gasteiger partial charge on any atom is -0.462 e. The predicted octanol–water partition coefficient (Wildman–Crippen LogP) is 2.57. The van der Waals surface area contributed by atoms with Crippen molar-refractivity contribution in [2.45, 2.75) is 33.9 Å². The maximum absolute atomic E-state index is 13.0. The molecule has 0 atom stereocenters. The molecule has 0 saturated heterocycles. The molecule has 0 radical (unpaired) electrons. The van der Waals surface area contributed by atoms with Crippen molar-refractivity contribution in [3.63, 3.8) is 0 Å². The van der Waals surface area contributed by atoms with Crippen LogP contribution in [0.25, 0.3) is 10.2 Å². The molecule has 146 valence electrons. The second-order valence-corrected chi connectivity index (χ2v) is 7.27. The number of nitrogens with zero attached hydrogens (tertiary/aromatic N) is 2. The van der Waals surface area contributed by atoms with Crippen molar-refractivity contribution < 1.29 is 14.3 Å². The lowest BCUT2D eigenvalue weighted by Crippen LogP contribution is -2.33. The Hall–Kier alpha value is -3.00. The van der Waals surface area contributed by atoms with E-state index >= 15 is 0 Å². The lowest BCUT2D eigenvalue weighted by Gasteiger charge is -2.10. The molecule has 3 rings (SSSR count). The summed E-state index contributed by atoms with van der Waals surface area (Å²) in [5, 5.41) is 3.16. The molecule has 1 amide bonds. The van der Waals surface area contributed by atoms with Gasteiger partial charge in [-0.2, -0.15) is 0 Å². The smallest absolute Gasteiger partial charge is 0.348 e. The van der Waals surface area contributed by atoms with Crippen LogP contribution in [0.5, 0.6) is 0 Å². The van der Waals surface area contributed by atoms with Crippen LogP contribution in [0.1, 0.15) is 33.5 Å². The molecule has 8 heteroatoms. The minimum absolute atomic E-state index is 0.134. The molecule has 0 unspecified atom stereocenters. The van der Waals surface area contributed by atoms with Crippen LogP contribution < -0.4 is 10.9 Å². The van der Waals surface area contributed by atoms with Crippen molar-refractivity contribution in [2.24, 2.45) is 0 Å². The summed E-state index contributed by atoms with van der Waals surface area (Å²) in [6.07, 6.45) is 0. The van der Waals surface area contributed by atoms with E-state index in [9.17, 15) is 14.4 Å². The zero-order chi connectivity index (χ0) is 20.3. The lowest BCUT2D eigenvalue weighted by molar-refractivity contribution is -0.121. The summed E-state index contributed by atoms with van der Waals surface area (Å²) in [6, 6.07) is 9.53. The first-order valence-corrected chi connectivity index (χ1v) is 9.72. The van der Waals surface area contributed by atoms with E-state index in [1.165, 1.54) is 4.57 Å². The fourth-order valence-corrected chi connectivity index (χ4v) is 4.00. The molecule has 28 heavy (non-hydrogen) atoms. The van der Waals surface area contributed by atoms with Gasteiger partial charge in [-0.05, 0) is 31.9 Å².